The summed E-state index contributed by atoms with van der Waals surface area (Å²) in [6.45, 7) is 0. The van der Waals surface area contributed by atoms with Crippen molar-refractivity contribution in [2.45, 2.75) is 0 Å². The molecule has 4 nitrogen and oxygen atoms in total. The zero-order chi connectivity index (χ0) is 33.0. The number of benzene rings is 7. The van der Waals surface area contributed by atoms with E-state index in [1.807, 2.05) is 24.3 Å². The molecule has 7 aromatic carbocycles. The van der Waals surface area contributed by atoms with Crippen molar-refractivity contribution in [1.82, 2.24) is 19.1 Å². The molecule has 0 unspecified atom stereocenters. The van der Waals surface area contributed by atoms with Crippen molar-refractivity contribution < 1.29 is 0 Å². The van der Waals surface area contributed by atoms with Crippen molar-refractivity contribution >= 4 is 43.6 Å². The lowest BCUT2D eigenvalue weighted by atomic mass is 10.0. The van der Waals surface area contributed by atoms with E-state index < -0.39 is 0 Å². The minimum absolute atomic E-state index is 0.694. The molecule has 0 fully saturated rings. The number of hydrogen-bond acceptors (Lipinski definition) is 2. The molecule has 0 radical (unpaired) electrons. The van der Waals surface area contributed by atoms with Gasteiger partial charge in [-0.25, -0.2) is 9.97 Å². The van der Waals surface area contributed by atoms with Crippen LogP contribution in [0.25, 0.3) is 88.9 Å². The summed E-state index contributed by atoms with van der Waals surface area (Å²) < 4.78 is 4.78. The molecule has 10 rings (SSSR count). The second-order valence-corrected chi connectivity index (χ2v) is 12.6. The minimum atomic E-state index is 0.694. The van der Waals surface area contributed by atoms with E-state index in [1.165, 1.54) is 32.7 Å². The van der Waals surface area contributed by atoms with Crippen molar-refractivity contribution in [2.24, 2.45) is 0 Å². The van der Waals surface area contributed by atoms with E-state index in [9.17, 15) is 0 Å². The van der Waals surface area contributed by atoms with Gasteiger partial charge in [0.05, 0.1) is 33.4 Å². The van der Waals surface area contributed by atoms with Crippen molar-refractivity contribution in [2.75, 3.05) is 0 Å². The molecular weight excluding hydrogens is 609 g/mol. The Kier molecular flexibility index (Phi) is 6.46. The lowest BCUT2D eigenvalue weighted by Crippen LogP contribution is -2.03. The predicted molar refractivity (Wildman–Crippen MR) is 207 cm³/mol. The van der Waals surface area contributed by atoms with Crippen LogP contribution in [0.2, 0.25) is 0 Å². The number of fused-ring (bicyclic) bond motifs is 7. The molecule has 50 heavy (non-hydrogen) atoms. The van der Waals surface area contributed by atoms with Gasteiger partial charge in [0.15, 0.2) is 5.82 Å². The largest absolute Gasteiger partial charge is 0.309 e. The number of nitrogens with zero attached hydrogens (tertiary/aromatic N) is 4. The van der Waals surface area contributed by atoms with Crippen LogP contribution in [0.3, 0.4) is 0 Å². The maximum Gasteiger partial charge on any atom is 0.162 e. The van der Waals surface area contributed by atoms with Gasteiger partial charge in [-0.15, -0.1) is 0 Å². The molecule has 0 N–H and O–H groups in total. The first-order valence-electron chi connectivity index (χ1n) is 16.9. The maximum atomic E-state index is 5.32. The van der Waals surface area contributed by atoms with Gasteiger partial charge in [-0.2, -0.15) is 0 Å². The van der Waals surface area contributed by atoms with Gasteiger partial charge in [0.1, 0.15) is 5.82 Å². The zero-order valence-electron chi connectivity index (χ0n) is 27.1. The topological polar surface area (TPSA) is 35.6 Å². The molecule has 0 bridgehead atoms. The molecule has 234 valence electrons. The first-order chi connectivity index (χ1) is 24.8. The van der Waals surface area contributed by atoms with Crippen LogP contribution < -0.4 is 0 Å². The van der Waals surface area contributed by atoms with E-state index >= 15 is 0 Å². The van der Waals surface area contributed by atoms with E-state index in [1.54, 1.807) is 0 Å². The first kappa shape index (κ1) is 28.3. The monoisotopic (exact) mass is 638 g/mol. The molecule has 3 heterocycles. The standard InChI is InChI=1S/C46H30N4/c1-4-16-31(17-5-1)34-22-10-13-25-39(34)49-41-27-15-12-24-37(41)44-42(49)29-28-36-35-23-11-14-26-40(35)50(45(36)44)43-30-38(32-18-6-2-7-19-32)47-46(48-43)33-20-8-3-9-21-33/h1-30H. The Morgan fingerprint density at radius 2 is 0.960 bits per heavy atom. The smallest absolute Gasteiger partial charge is 0.162 e. The predicted octanol–water partition coefficient (Wildman–Crippen LogP) is 11.7. The van der Waals surface area contributed by atoms with Crippen molar-refractivity contribution in [3.05, 3.63) is 182 Å². The Bertz CT molecular complexity index is 2790. The third-order valence-corrected chi connectivity index (χ3v) is 9.74. The van der Waals surface area contributed by atoms with Crippen LogP contribution in [0.1, 0.15) is 0 Å². The molecule has 0 aliphatic rings. The van der Waals surface area contributed by atoms with Gasteiger partial charge in [-0.1, -0.05) is 152 Å². The van der Waals surface area contributed by atoms with Gasteiger partial charge in [0, 0.05) is 44.3 Å². The lowest BCUT2D eigenvalue weighted by molar-refractivity contribution is 1.05. The highest BCUT2D eigenvalue weighted by Crippen LogP contribution is 2.43. The molecule has 0 aliphatic heterocycles. The maximum absolute atomic E-state index is 5.32. The molecule has 10 aromatic rings. The van der Waals surface area contributed by atoms with E-state index in [0.717, 1.165) is 50.4 Å². The molecule has 3 aromatic heterocycles. The Hall–Kier alpha value is -6.78. The Morgan fingerprint density at radius 3 is 1.70 bits per heavy atom. The number of hydrogen-bond donors (Lipinski definition) is 0. The normalized spacial score (nSPS) is 11.6. The number of para-hydroxylation sites is 3. The Labute approximate surface area is 289 Å². The van der Waals surface area contributed by atoms with E-state index in [4.69, 9.17) is 9.97 Å². The first-order valence-corrected chi connectivity index (χ1v) is 16.9. The lowest BCUT2D eigenvalue weighted by Gasteiger charge is -2.14. The third kappa shape index (κ3) is 4.39. The summed E-state index contributed by atoms with van der Waals surface area (Å²) in [7, 11) is 0. The SMILES string of the molecule is c1ccc(-c2cc(-n3c4ccccc4c4ccc5c(c6ccccc6n5-c5ccccc5-c5ccccc5)c43)nc(-c3ccccc3)n2)cc1. The quantitative estimate of drug-likeness (QED) is 0.188. The van der Waals surface area contributed by atoms with Crippen molar-refractivity contribution in [1.29, 1.82) is 0 Å². The summed E-state index contributed by atoms with van der Waals surface area (Å²) in [5.74, 6) is 1.53. The van der Waals surface area contributed by atoms with Gasteiger partial charge in [0.2, 0.25) is 0 Å². The van der Waals surface area contributed by atoms with Crippen molar-refractivity contribution in [3.63, 3.8) is 0 Å². The van der Waals surface area contributed by atoms with E-state index in [2.05, 4.69) is 167 Å². The third-order valence-electron chi connectivity index (χ3n) is 9.74. The molecular formula is C46H30N4. The second-order valence-electron chi connectivity index (χ2n) is 12.6. The molecule has 4 heteroatoms. The van der Waals surface area contributed by atoms with Crippen LogP contribution in [-0.4, -0.2) is 19.1 Å². The summed E-state index contributed by atoms with van der Waals surface area (Å²) >= 11 is 0. The fourth-order valence-electron chi connectivity index (χ4n) is 7.56. The molecule has 0 spiro atoms. The van der Waals surface area contributed by atoms with Gasteiger partial charge >= 0.3 is 0 Å². The second kappa shape index (κ2) is 11.4. The van der Waals surface area contributed by atoms with Crippen LogP contribution in [0.15, 0.2) is 182 Å². The van der Waals surface area contributed by atoms with Gasteiger partial charge < -0.3 is 4.57 Å². The Morgan fingerprint density at radius 1 is 0.380 bits per heavy atom. The van der Waals surface area contributed by atoms with Crippen LogP contribution >= 0.6 is 0 Å². The molecule has 0 saturated heterocycles. The minimum Gasteiger partial charge on any atom is -0.309 e. The van der Waals surface area contributed by atoms with Crippen LogP contribution in [0.5, 0.6) is 0 Å². The fourth-order valence-corrected chi connectivity index (χ4v) is 7.56. The van der Waals surface area contributed by atoms with Gasteiger partial charge in [-0.05, 0) is 29.8 Å². The summed E-state index contributed by atoms with van der Waals surface area (Å²) in [4.78, 5) is 10.4. The van der Waals surface area contributed by atoms with Gasteiger partial charge in [-0.3, -0.25) is 4.57 Å². The highest BCUT2D eigenvalue weighted by molar-refractivity contribution is 6.26. The van der Waals surface area contributed by atoms with E-state index in [0.29, 0.717) is 5.82 Å². The molecule has 0 atom stereocenters. The highest BCUT2D eigenvalue weighted by atomic mass is 15.1. The molecule has 0 amide bonds. The Balaban J connectivity index is 1.35. The summed E-state index contributed by atoms with van der Waals surface area (Å²) in [5.41, 5.74) is 11.0. The average Bonchev–Trinajstić information content (AvgIpc) is 3.72. The zero-order valence-corrected chi connectivity index (χ0v) is 27.1. The molecule has 0 aliphatic carbocycles. The summed E-state index contributed by atoms with van der Waals surface area (Å²) in [5, 5.41) is 4.76. The van der Waals surface area contributed by atoms with Crippen LogP contribution in [0, 0.1) is 0 Å². The van der Waals surface area contributed by atoms with Gasteiger partial charge in [0.25, 0.3) is 0 Å². The fraction of sp³-hybridized carbons (Fsp3) is 0. The summed E-state index contributed by atoms with van der Waals surface area (Å²) in [6.07, 6.45) is 0. The number of rotatable bonds is 5. The van der Waals surface area contributed by atoms with Crippen LogP contribution in [0.4, 0.5) is 0 Å². The summed E-state index contributed by atoms with van der Waals surface area (Å²) in [6, 6.07) is 64.2. The van der Waals surface area contributed by atoms with Crippen molar-refractivity contribution in [3.8, 4) is 45.3 Å². The number of aromatic nitrogens is 4. The van der Waals surface area contributed by atoms with Crippen LogP contribution in [-0.2, 0) is 0 Å². The van der Waals surface area contributed by atoms with E-state index in [-0.39, 0.29) is 0 Å². The molecule has 0 saturated carbocycles. The average molecular weight is 639 g/mol. The highest BCUT2D eigenvalue weighted by Gasteiger charge is 2.23.